The van der Waals surface area contributed by atoms with Crippen molar-refractivity contribution in [2.75, 3.05) is 32.1 Å². The van der Waals surface area contributed by atoms with Gasteiger partial charge < -0.3 is 15.8 Å². The molecule has 0 aliphatic carbocycles. The molecule has 2 rings (SSSR count). The third kappa shape index (κ3) is 3.00. The number of carbonyl (C=O) groups excluding carboxylic acids is 1. The van der Waals surface area contributed by atoms with Crippen molar-refractivity contribution >= 4 is 11.6 Å². The molecule has 1 saturated heterocycles. The van der Waals surface area contributed by atoms with E-state index < -0.39 is 0 Å². The second-order valence-electron chi connectivity index (χ2n) is 4.71. The van der Waals surface area contributed by atoms with Crippen LogP contribution in [0.25, 0.3) is 0 Å². The number of nitrogens with zero attached hydrogens (tertiary/aromatic N) is 1. The van der Waals surface area contributed by atoms with Crippen LogP contribution in [0.4, 0.5) is 5.69 Å². The van der Waals surface area contributed by atoms with Gasteiger partial charge in [0.25, 0.3) is 0 Å². The molecule has 3 N–H and O–H groups in total. The Hall–Kier alpha value is -1.59. The first-order valence-electron chi connectivity index (χ1n) is 6.01. The number of rotatable bonds is 4. The predicted molar refractivity (Wildman–Crippen MR) is 70.8 cm³/mol. The average molecular weight is 249 g/mol. The Labute approximate surface area is 107 Å². The zero-order valence-corrected chi connectivity index (χ0v) is 10.8. The molecule has 98 valence electrons. The summed E-state index contributed by atoms with van der Waals surface area (Å²) in [4.78, 5) is 13.9. The summed E-state index contributed by atoms with van der Waals surface area (Å²) in [7, 11) is 1.59. The van der Waals surface area contributed by atoms with Crippen LogP contribution in [0.2, 0.25) is 0 Å². The molecule has 0 radical (unpaired) electrons. The van der Waals surface area contributed by atoms with E-state index in [9.17, 15) is 4.79 Å². The van der Waals surface area contributed by atoms with Gasteiger partial charge in [-0.15, -0.1) is 0 Å². The number of carbonyl (C=O) groups is 1. The lowest BCUT2D eigenvalue weighted by atomic mass is 10.1. The van der Waals surface area contributed by atoms with Crippen molar-refractivity contribution in [2.45, 2.75) is 13.0 Å². The van der Waals surface area contributed by atoms with Gasteiger partial charge in [-0.1, -0.05) is 6.07 Å². The summed E-state index contributed by atoms with van der Waals surface area (Å²) in [5, 5.41) is 2.87. The van der Waals surface area contributed by atoms with Crippen LogP contribution < -0.4 is 15.8 Å². The number of hydrogen-bond acceptors (Lipinski definition) is 4. The Balaban J connectivity index is 1.95. The zero-order chi connectivity index (χ0) is 13.1. The monoisotopic (exact) mass is 249 g/mol. The molecule has 0 saturated carbocycles. The lowest BCUT2D eigenvalue weighted by molar-refractivity contribution is -0.118. The number of methoxy groups -OCH3 is 1. The van der Waals surface area contributed by atoms with Crippen molar-refractivity contribution in [3.05, 3.63) is 23.8 Å². The van der Waals surface area contributed by atoms with Gasteiger partial charge in [-0.2, -0.15) is 0 Å². The fraction of sp³-hybridized carbons (Fsp3) is 0.462. The van der Waals surface area contributed by atoms with E-state index in [0.29, 0.717) is 18.0 Å². The highest BCUT2D eigenvalue weighted by molar-refractivity contribution is 5.93. The second-order valence-corrected chi connectivity index (χ2v) is 4.71. The van der Waals surface area contributed by atoms with Crippen LogP contribution in [-0.2, 0) is 4.79 Å². The number of likely N-dealkylation sites (tertiary alicyclic amines) is 1. The first-order chi connectivity index (χ1) is 8.58. The molecule has 0 spiro atoms. The van der Waals surface area contributed by atoms with Gasteiger partial charge >= 0.3 is 0 Å². The number of anilines is 1. The van der Waals surface area contributed by atoms with Gasteiger partial charge in [-0.3, -0.25) is 9.69 Å². The van der Waals surface area contributed by atoms with Gasteiger partial charge in [-0.25, -0.2) is 0 Å². The first kappa shape index (κ1) is 12.9. The number of ether oxygens (including phenoxy) is 1. The van der Waals surface area contributed by atoms with Crippen LogP contribution in [0, 0.1) is 6.92 Å². The SMILES string of the molecule is COc1ccc(C)cc1NC(=O)CN1CC(N)C1. The minimum atomic E-state index is -0.0363. The molecule has 18 heavy (non-hydrogen) atoms. The number of nitrogens with two attached hydrogens (primary N) is 1. The first-order valence-corrected chi connectivity index (χ1v) is 6.01. The Morgan fingerprint density at radius 2 is 2.28 bits per heavy atom. The maximum Gasteiger partial charge on any atom is 0.238 e. The molecule has 0 bridgehead atoms. The second kappa shape index (κ2) is 5.37. The standard InChI is InChI=1S/C13H19N3O2/c1-9-3-4-12(18-2)11(5-9)15-13(17)8-16-6-10(14)7-16/h3-5,10H,6-8,14H2,1-2H3,(H,15,17). The Morgan fingerprint density at radius 3 is 2.89 bits per heavy atom. The van der Waals surface area contributed by atoms with Gasteiger partial charge in [-0.05, 0) is 24.6 Å². The molecule has 5 heteroatoms. The molecule has 0 aromatic heterocycles. The topological polar surface area (TPSA) is 67.6 Å². The molecule has 1 fully saturated rings. The Bertz CT molecular complexity index is 442. The van der Waals surface area contributed by atoms with Crippen LogP contribution in [0.3, 0.4) is 0 Å². The van der Waals surface area contributed by atoms with E-state index in [1.54, 1.807) is 7.11 Å². The summed E-state index contributed by atoms with van der Waals surface area (Å²) in [5.41, 5.74) is 7.47. The Morgan fingerprint density at radius 1 is 1.56 bits per heavy atom. The molecule has 1 aliphatic heterocycles. The highest BCUT2D eigenvalue weighted by Gasteiger charge is 2.24. The van der Waals surface area contributed by atoms with Crippen molar-refractivity contribution in [1.82, 2.24) is 4.90 Å². The van der Waals surface area contributed by atoms with Gasteiger partial charge in [0.1, 0.15) is 5.75 Å². The summed E-state index contributed by atoms with van der Waals surface area (Å²) in [5.74, 6) is 0.639. The van der Waals surface area contributed by atoms with E-state index in [2.05, 4.69) is 5.32 Å². The van der Waals surface area contributed by atoms with E-state index in [-0.39, 0.29) is 11.9 Å². The Kier molecular flexibility index (Phi) is 3.84. The average Bonchev–Trinajstić information content (AvgIpc) is 2.27. The molecule has 5 nitrogen and oxygen atoms in total. The fourth-order valence-electron chi connectivity index (χ4n) is 2.05. The number of aryl methyl sites for hydroxylation is 1. The molecule has 0 unspecified atom stereocenters. The normalized spacial score (nSPS) is 16.2. The lowest BCUT2D eigenvalue weighted by Crippen LogP contribution is -2.57. The smallest absolute Gasteiger partial charge is 0.238 e. The van der Waals surface area contributed by atoms with Crippen LogP contribution in [0.1, 0.15) is 5.56 Å². The summed E-state index contributed by atoms with van der Waals surface area (Å²) < 4.78 is 5.22. The highest BCUT2D eigenvalue weighted by atomic mass is 16.5. The molecule has 1 aromatic carbocycles. The molecular formula is C13H19N3O2. The predicted octanol–water partition coefficient (Wildman–Crippen LogP) is 0.585. The molecule has 1 aromatic rings. The quantitative estimate of drug-likeness (QED) is 0.819. The van der Waals surface area contributed by atoms with Gasteiger partial charge in [0, 0.05) is 19.1 Å². The van der Waals surface area contributed by atoms with Crippen LogP contribution in [0.5, 0.6) is 5.75 Å². The fourth-order valence-corrected chi connectivity index (χ4v) is 2.05. The minimum Gasteiger partial charge on any atom is -0.495 e. The van der Waals surface area contributed by atoms with Gasteiger partial charge in [0.2, 0.25) is 5.91 Å². The van der Waals surface area contributed by atoms with Gasteiger partial charge in [0.15, 0.2) is 0 Å². The molecule has 1 amide bonds. The van der Waals surface area contributed by atoms with Crippen molar-refractivity contribution in [3.63, 3.8) is 0 Å². The summed E-state index contributed by atoms with van der Waals surface area (Å²) >= 11 is 0. The van der Waals surface area contributed by atoms with Crippen molar-refractivity contribution < 1.29 is 9.53 Å². The molecule has 0 atom stereocenters. The third-order valence-electron chi connectivity index (χ3n) is 2.98. The zero-order valence-electron chi connectivity index (χ0n) is 10.8. The number of hydrogen-bond donors (Lipinski definition) is 2. The molecular weight excluding hydrogens is 230 g/mol. The lowest BCUT2D eigenvalue weighted by Gasteiger charge is -2.36. The van der Waals surface area contributed by atoms with E-state index in [1.165, 1.54) is 0 Å². The maximum atomic E-state index is 11.9. The van der Waals surface area contributed by atoms with Crippen molar-refractivity contribution in [2.24, 2.45) is 5.73 Å². The highest BCUT2D eigenvalue weighted by Crippen LogP contribution is 2.25. The molecule has 1 heterocycles. The number of benzene rings is 1. The summed E-state index contributed by atoms with van der Waals surface area (Å²) in [6, 6.07) is 5.91. The van der Waals surface area contributed by atoms with Gasteiger partial charge in [0.05, 0.1) is 19.3 Å². The van der Waals surface area contributed by atoms with E-state index in [1.807, 2.05) is 30.0 Å². The van der Waals surface area contributed by atoms with E-state index >= 15 is 0 Å². The van der Waals surface area contributed by atoms with Crippen LogP contribution >= 0.6 is 0 Å². The van der Waals surface area contributed by atoms with Crippen LogP contribution in [0.15, 0.2) is 18.2 Å². The largest absolute Gasteiger partial charge is 0.495 e. The maximum absolute atomic E-state index is 11.9. The van der Waals surface area contributed by atoms with E-state index in [0.717, 1.165) is 18.7 Å². The van der Waals surface area contributed by atoms with E-state index in [4.69, 9.17) is 10.5 Å². The summed E-state index contributed by atoms with van der Waals surface area (Å²) in [6.07, 6.45) is 0. The van der Waals surface area contributed by atoms with Crippen LogP contribution in [-0.4, -0.2) is 43.6 Å². The minimum absolute atomic E-state index is 0.0363. The van der Waals surface area contributed by atoms with Crippen molar-refractivity contribution in [3.8, 4) is 5.75 Å². The van der Waals surface area contributed by atoms with Crippen molar-refractivity contribution in [1.29, 1.82) is 0 Å². The number of nitrogens with one attached hydrogen (secondary N) is 1. The molecule has 1 aliphatic rings. The number of amides is 1. The third-order valence-corrected chi connectivity index (χ3v) is 2.98. The summed E-state index contributed by atoms with van der Waals surface area (Å²) in [6.45, 7) is 3.94.